The minimum Gasteiger partial charge on any atom is -0.490 e. The second kappa shape index (κ2) is 9.89. The van der Waals surface area contributed by atoms with Crippen molar-refractivity contribution in [2.75, 3.05) is 25.5 Å². The number of rotatable bonds is 5. The zero-order chi connectivity index (χ0) is 26.2. The molecule has 1 aromatic heterocycles. The summed E-state index contributed by atoms with van der Waals surface area (Å²) in [4.78, 5) is 14.9. The molecule has 4 aromatic rings. The number of fused-ring (bicyclic) bond motifs is 1. The number of nitrogens with one attached hydrogen (secondary N) is 1. The summed E-state index contributed by atoms with van der Waals surface area (Å²) < 4.78 is 49.0. The van der Waals surface area contributed by atoms with Gasteiger partial charge in [-0.25, -0.2) is 0 Å². The number of amides is 1. The van der Waals surface area contributed by atoms with Crippen LogP contribution in [0.1, 0.15) is 28.8 Å². The molecule has 1 aliphatic rings. The highest BCUT2D eigenvalue weighted by Crippen LogP contribution is 2.38. The number of carbonyl (C=O) groups excluding carboxylic acids is 1. The van der Waals surface area contributed by atoms with E-state index in [2.05, 4.69) is 15.3 Å². The van der Waals surface area contributed by atoms with Gasteiger partial charge in [0.2, 0.25) is 0 Å². The molecule has 1 saturated heterocycles. The number of aromatic nitrogens is 2. The van der Waals surface area contributed by atoms with Crippen molar-refractivity contribution in [1.29, 1.82) is 0 Å². The molecule has 5 rings (SSSR count). The number of ether oxygens (including phenoxy) is 1. The lowest BCUT2D eigenvalue weighted by atomic mass is 10.0. The van der Waals surface area contributed by atoms with Crippen molar-refractivity contribution in [2.24, 2.45) is 7.05 Å². The number of piperidine rings is 1. The number of nitrogens with zero attached hydrogens (tertiary/aromatic N) is 3. The molecule has 0 aliphatic carbocycles. The third-order valence-corrected chi connectivity index (χ3v) is 6.73. The van der Waals surface area contributed by atoms with Crippen LogP contribution < -0.4 is 10.1 Å². The number of hydrogen-bond acceptors (Lipinski definition) is 4. The smallest absolute Gasteiger partial charge is 0.419 e. The lowest BCUT2D eigenvalue weighted by Crippen LogP contribution is -2.36. The SMILES string of the molecule is CN1CCC(Oc2ccc(C(=O)Nc3ccc(-c4ccc5cnn(C)c5c4)cc3)cc2C(F)(F)F)CC1. The van der Waals surface area contributed by atoms with E-state index in [0.29, 0.717) is 18.5 Å². The van der Waals surface area contributed by atoms with Crippen LogP contribution in [0, 0.1) is 0 Å². The van der Waals surface area contributed by atoms with E-state index in [4.69, 9.17) is 4.74 Å². The van der Waals surface area contributed by atoms with Crippen molar-refractivity contribution >= 4 is 22.5 Å². The summed E-state index contributed by atoms with van der Waals surface area (Å²) in [6.45, 7) is 1.53. The number of benzene rings is 3. The van der Waals surface area contributed by atoms with E-state index in [9.17, 15) is 18.0 Å². The largest absolute Gasteiger partial charge is 0.490 e. The molecule has 6 nitrogen and oxygen atoms in total. The van der Waals surface area contributed by atoms with Gasteiger partial charge in [0, 0.05) is 36.8 Å². The number of hydrogen-bond donors (Lipinski definition) is 1. The van der Waals surface area contributed by atoms with E-state index in [1.165, 1.54) is 12.1 Å². The molecule has 1 amide bonds. The molecule has 1 N–H and O–H groups in total. The minimum absolute atomic E-state index is 0.0891. The van der Waals surface area contributed by atoms with Crippen molar-refractivity contribution < 1.29 is 22.7 Å². The van der Waals surface area contributed by atoms with Crippen molar-refractivity contribution in [1.82, 2.24) is 14.7 Å². The third-order valence-electron chi connectivity index (χ3n) is 6.73. The Morgan fingerprint density at radius 2 is 1.68 bits per heavy atom. The summed E-state index contributed by atoms with van der Waals surface area (Å²) in [6, 6.07) is 16.6. The van der Waals surface area contributed by atoms with Gasteiger partial charge in [0.1, 0.15) is 11.9 Å². The van der Waals surface area contributed by atoms with Crippen molar-refractivity contribution in [3.8, 4) is 16.9 Å². The highest BCUT2D eigenvalue weighted by atomic mass is 19.4. The van der Waals surface area contributed by atoms with E-state index >= 15 is 0 Å². The first-order valence-corrected chi connectivity index (χ1v) is 12.1. The highest BCUT2D eigenvalue weighted by Gasteiger charge is 2.36. The molecule has 0 saturated carbocycles. The summed E-state index contributed by atoms with van der Waals surface area (Å²) in [6.07, 6.45) is -1.82. The first kappa shape index (κ1) is 24.8. The minimum atomic E-state index is -4.65. The average Bonchev–Trinajstić information content (AvgIpc) is 3.25. The lowest BCUT2D eigenvalue weighted by molar-refractivity contribution is -0.139. The van der Waals surface area contributed by atoms with Crippen molar-refractivity contribution in [3.63, 3.8) is 0 Å². The van der Waals surface area contributed by atoms with Gasteiger partial charge in [0.05, 0.1) is 17.3 Å². The standard InChI is InChI=1S/C28H27F3N4O2/c1-34-13-11-23(12-14-34)37-26-10-7-20(15-24(26)28(29,30)31)27(36)33-22-8-5-18(6-9-22)19-3-4-21-17-32-35(2)25(21)16-19/h3-10,15-17,23H,11-14H2,1-2H3,(H,33,36). The van der Waals surface area contributed by atoms with Gasteiger partial charge in [-0.3, -0.25) is 9.48 Å². The van der Waals surface area contributed by atoms with Crippen LogP contribution in [0.5, 0.6) is 5.75 Å². The zero-order valence-corrected chi connectivity index (χ0v) is 20.5. The molecule has 3 aromatic carbocycles. The Bertz CT molecular complexity index is 1420. The van der Waals surface area contributed by atoms with Crippen LogP contribution in [0.4, 0.5) is 18.9 Å². The Hall–Kier alpha value is -3.85. The van der Waals surface area contributed by atoms with Crippen molar-refractivity contribution in [3.05, 3.63) is 78.0 Å². The summed E-state index contributed by atoms with van der Waals surface area (Å²) in [5.41, 5.74) is 2.38. The van der Waals surface area contributed by atoms with Crippen LogP contribution >= 0.6 is 0 Å². The van der Waals surface area contributed by atoms with Crippen LogP contribution in [0.25, 0.3) is 22.0 Å². The fourth-order valence-electron chi connectivity index (χ4n) is 4.55. The van der Waals surface area contributed by atoms with Gasteiger partial charge in [-0.05, 0) is 67.4 Å². The van der Waals surface area contributed by atoms with Crippen LogP contribution in [0.2, 0.25) is 0 Å². The number of anilines is 1. The zero-order valence-electron chi connectivity index (χ0n) is 20.5. The second-order valence-corrected chi connectivity index (χ2v) is 9.40. The molecule has 0 spiro atoms. The number of likely N-dealkylation sites (tertiary alicyclic amines) is 1. The van der Waals surface area contributed by atoms with E-state index in [0.717, 1.165) is 41.2 Å². The number of halogens is 3. The fourth-order valence-corrected chi connectivity index (χ4v) is 4.55. The maximum atomic E-state index is 13.8. The normalized spacial score (nSPS) is 15.2. The van der Waals surface area contributed by atoms with Gasteiger partial charge >= 0.3 is 6.18 Å². The van der Waals surface area contributed by atoms with E-state index in [1.807, 2.05) is 44.4 Å². The number of carbonyl (C=O) groups is 1. The molecule has 192 valence electrons. The van der Waals surface area contributed by atoms with Crippen LogP contribution in [-0.2, 0) is 13.2 Å². The van der Waals surface area contributed by atoms with Gasteiger partial charge in [-0.1, -0.05) is 24.3 Å². The average molecular weight is 509 g/mol. The molecular formula is C28H27F3N4O2. The van der Waals surface area contributed by atoms with Crippen LogP contribution in [-0.4, -0.2) is 46.8 Å². The molecule has 2 heterocycles. The van der Waals surface area contributed by atoms with E-state index in [-0.39, 0.29) is 17.4 Å². The topological polar surface area (TPSA) is 59.4 Å². The monoisotopic (exact) mass is 508 g/mol. The molecule has 1 aliphatic heterocycles. The maximum absolute atomic E-state index is 13.8. The number of alkyl halides is 3. The highest BCUT2D eigenvalue weighted by molar-refractivity contribution is 6.04. The maximum Gasteiger partial charge on any atom is 0.419 e. The molecule has 37 heavy (non-hydrogen) atoms. The molecule has 1 fully saturated rings. The fraction of sp³-hybridized carbons (Fsp3) is 0.286. The summed E-state index contributed by atoms with van der Waals surface area (Å²) in [5.74, 6) is -0.867. The Balaban J connectivity index is 1.31. The second-order valence-electron chi connectivity index (χ2n) is 9.40. The first-order chi connectivity index (χ1) is 17.7. The lowest BCUT2D eigenvalue weighted by Gasteiger charge is -2.30. The van der Waals surface area contributed by atoms with E-state index in [1.54, 1.807) is 23.0 Å². The van der Waals surface area contributed by atoms with Gasteiger partial charge in [0.25, 0.3) is 5.91 Å². The molecule has 0 bridgehead atoms. The van der Waals surface area contributed by atoms with Crippen LogP contribution in [0.3, 0.4) is 0 Å². The van der Waals surface area contributed by atoms with Gasteiger partial charge in [-0.15, -0.1) is 0 Å². The molecule has 0 unspecified atom stereocenters. The van der Waals surface area contributed by atoms with Gasteiger partial charge in [0.15, 0.2) is 0 Å². The Kier molecular flexibility index (Phi) is 6.64. The Morgan fingerprint density at radius 3 is 2.38 bits per heavy atom. The molecular weight excluding hydrogens is 481 g/mol. The Labute approximate surface area is 212 Å². The predicted molar refractivity (Wildman–Crippen MR) is 137 cm³/mol. The predicted octanol–water partition coefficient (Wildman–Crippen LogP) is 5.98. The molecule has 0 radical (unpaired) electrons. The Morgan fingerprint density at radius 1 is 0.973 bits per heavy atom. The quantitative estimate of drug-likeness (QED) is 0.360. The van der Waals surface area contributed by atoms with Gasteiger partial charge in [-0.2, -0.15) is 18.3 Å². The first-order valence-electron chi connectivity index (χ1n) is 12.1. The third kappa shape index (κ3) is 5.46. The van der Waals surface area contributed by atoms with Crippen molar-refractivity contribution in [2.45, 2.75) is 25.1 Å². The molecule has 9 heteroatoms. The number of aryl methyl sites for hydroxylation is 1. The van der Waals surface area contributed by atoms with Gasteiger partial charge < -0.3 is 15.0 Å². The van der Waals surface area contributed by atoms with E-state index < -0.39 is 17.6 Å². The molecule has 0 atom stereocenters. The summed E-state index contributed by atoms with van der Waals surface area (Å²) in [7, 11) is 3.85. The van der Waals surface area contributed by atoms with Crippen LogP contribution in [0.15, 0.2) is 66.9 Å². The summed E-state index contributed by atoms with van der Waals surface area (Å²) >= 11 is 0. The summed E-state index contributed by atoms with van der Waals surface area (Å²) in [5, 5.41) is 7.98.